The largest absolute Gasteiger partial charge is 0.496 e. The number of nitrogens with one attached hydrogen (secondary N) is 1. The molecule has 112 valence electrons. The summed E-state index contributed by atoms with van der Waals surface area (Å²) in [7, 11) is 3.42. The van der Waals surface area contributed by atoms with Gasteiger partial charge in [0.15, 0.2) is 0 Å². The highest BCUT2D eigenvalue weighted by Crippen LogP contribution is 2.25. The van der Waals surface area contributed by atoms with Gasteiger partial charge in [-0.25, -0.2) is 0 Å². The van der Waals surface area contributed by atoms with Crippen LogP contribution in [0.5, 0.6) is 5.75 Å². The fourth-order valence-corrected chi connectivity index (χ4v) is 2.61. The molecule has 0 aromatic heterocycles. The Balaban J connectivity index is 2.11. The van der Waals surface area contributed by atoms with E-state index >= 15 is 0 Å². The Labute approximate surface area is 134 Å². The molecule has 0 bridgehead atoms. The zero-order valence-electron chi connectivity index (χ0n) is 12.4. The average molecular weight is 350 g/mol. The summed E-state index contributed by atoms with van der Waals surface area (Å²) < 4.78 is 11.6. The summed E-state index contributed by atoms with van der Waals surface area (Å²) in [6.07, 6.45) is 0.898. The number of methoxy groups -OCH3 is 2. The van der Waals surface area contributed by atoms with E-state index in [1.54, 1.807) is 14.2 Å². The predicted octanol–water partition coefficient (Wildman–Crippen LogP) is 4.26. The monoisotopic (exact) mass is 349 g/mol. The molecule has 0 spiro atoms. The first-order chi connectivity index (χ1) is 10.2. The molecule has 0 atom stereocenters. The van der Waals surface area contributed by atoms with Gasteiger partial charge in [0.1, 0.15) is 5.75 Å². The van der Waals surface area contributed by atoms with Gasteiger partial charge in [0, 0.05) is 29.4 Å². The molecule has 0 aliphatic carbocycles. The number of halogens is 1. The molecule has 21 heavy (non-hydrogen) atoms. The highest BCUT2D eigenvalue weighted by molar-refractivity contribution is 9.10. The van der Waals surface area contributed by atoms with E-state index in [0.29, 0.717) is 6.54 Å². The van der Waals surface area contributed by atoms with E-state index in [1.165, 1.54) is 5.56 Å². The Bertz CT molecular complexity index is 587. The summed E-state index contributed by atoms with van der Waals surface area (Å²) in [6.45, 7) is 1.44. The second-order valence-electron chi connectivity index (χ2n) is 4.71. The van der Waals surface area contributed by atoms with E-state index in [-0.39, 0.29) is 0 Å². The van der Waals surface area contributed by atoms with E-state index in [2.05, 4.69) is 45.5 Å². The lowest BCUT2D eigenvalue weighted by Crippen LogP contribution is -2.05. The first-order valence-electron chi connectivity index (χ1n) is 6.87. The van der Waals surface area contributed by atoms with Crippen molar-refractivity contribution in [2.75, 3.05) is 26.1 Å². The molecule has 1 N–H and O–H groups in total. The molecular formula is C17H20BrNO2. The van der Waals surface area contributed by atoms with Gasteiger partial charge in [-0.2, -0.15) is 0 Å². The van der Waals surface area contributed by atoms with Gasteiger partial charge in [0.25, 0.3) is 0 Å². The molecule has 0 fully saturated rings. The van der Waals surface area contributed by atoms with Crippen molar-refractivity contribution in [2.24, 2.45) is 0 Å². The number of rotatable bonds is 7. The molecule has 0 aliphatic heterocycles. The van der Waals surface area contributed by atoms with Crippen LogP contribution in [0.25, 0.3) is 0 Å². The second-order valence-corrected chi connectivity index (χ2v) is 5.63. The molecule has 0 unspecified atom stereocenters. The van der Waals surface area contributed by atoms with Crippen molar-refractivity contribution in [3.8, 4) is 5.75 Å². The SMILES string of the molecule is COCCc1ccccc1NCc1cc(Br)ccc1OC. The van der Waals surface area contributed by atoms with Crippen LogP contribution in [0.1, 0.15) is 11.1 Å². The van der Waals surface area contributed by atoms with Gasteiger partial charge < -0.3 is 14.8 Å². The fraction of sp³-hybridized carbons (Fsp3) is 0.294. The first kappa shape index (κ1) is 15.9. The van der Waals surface area contributed by atoms with E-state index in [1.807, 2.05) is 18.2 Å². The number of ether oxygens (including phenoxy) is 2. The van der Waals surface area contributed by atoms with Crippen LogP contribution in [0.2, 0.25) is 0 Å². The van der Waals surface area contributed by atoms with Crippen LogP contribution in [0.3, 0.4) is 0 Å². The number of hydrogen-bond acceptors (Lipinski definition) is 3. The molecule has 0 amide bonds. The van der Waals surface area contributed by atoms with Crippen molar-refractivity contribution in [3.05, 3.63) is 58.1 Å². The standard InChI is InChI=1S/C17H20BrNO2/c1-20-10-9-13-5-3-4-6-16(13)19-12-14-11-15(18)7-8-17(14)21-2/h3-8,11,19H,9-10,12H2,1-2H3. The molecule has 0 saturated carbocycles. The minimum absolute atomic E-state index is 0.715. The van der Waals surface area contributed by atoms with Crippen molar-refractivity contribution >= 4 is 21.6 Å². The van der Waals surface area contributed by atoms with Gasteiger partial charge in [-0.15, -0.1) is 0 Å². The number of anilines is 1. The molecular weight excluding hydrogens is 330 g/mol. The maximum Gasteiger partial charge on any atom is 0.123 e. The van der Waals surface area contributed by atoms with Crippen LogP contribution in [-0.2, 0) is 17.7 Å². The van der Waals surface area contributed by atoms with E-state index in [4.69, 9.17) is 9.47 Å². The Morgan fingerprint density at radius 2 is 1.86 bits per heavy atom. The normalized spacial score (nSPS) is 10.4. The van der Waals surface area contributed by atoms with Crippen molar-refractivity contribution < 1.29 is 9.47 Å². The van der Waals surface area contributed by atoms with Crippen LogP contribution < -0.4 is 10.1 Å². The maximum absolute atomic E-state index is 5.40. The second kappa shape index (κ2) is 8.05. The quantitative estimate of drug-likeness (QED) is 0.809. The third-order valence-electron chi connectivity index (χ3n) is 3.30. The predicted molar refractivity (Wildman–Crippen MR) is 90.0 cm³/mol. The first-order valence-corrected chi connectivity index (χ1v) is 7.67. The van der Waals surface area contributed by atoms with Crippen molar-refractivity contribution in [3.63, 3.8) is 0 Å². The van der Waals surface area contributed by atoms with Gasteiger partial charge in [0.2, 0.25) is 0 Å². The lowest BCUT2D eigenvalue weighted by molar-refractivity contribution is 0.202. The molecule has 0 radical (unpaired) electrons. The molecule has 4 heteroatoms. The van der Waals surface area contributed by atoms with Gasteiger partial charge >= 0.3 is 0 Å². The highest BCUT2D eigenvalue weighted by atomic mass is 79.9. The zero-order chi connectivity index (χ0) is 15.1. The molecule has 3 nitrogen and oxygen atoms in total. The fourth-order valence-electron chi connectivity index (χ4n) is 2.20. The average Bonchev–Trinajstić information content (AvgIpc) is 2.52. The molecule has 2 aromatic rings. The van der Waals surface area contributed by atoms with Crippen LogP contribution in [0.4, 0.5) is 5.69 Å². The topological polar surface area (TPSA) is 30.5 Å². The maximum atomic E-state index is 5.40. The van der Waals surface area contributed by atoms with Crippen LogP contribution >= 0.6 is 15.9 Å². The van der Waals surface area contributed by atoms with Crippen molar-refractivity contribution in [1.29, 1.82) is 0 Å². The summed E-state index contributed by atoms with van der Waals surface area (Å²) in [4.78, 5) is 0. The van der Waals surface area contributed by atoms with Gasteiger partial charge in [-0.1, -0.05) is 34.1 Å². The molecule has 2 aromatic carbocycles. The van der Waals surface area contributed by atoms with Crippen LogP contribution in [-0.4, -0.2) is 20.8 Å². The van der Waals surface area contributed by atoms with E-state index in [9.17, 15) is 0 Å². The Kier molecular flexibility index (Phi) is 6.08. The summed E-state index contributed by atoms with van der Waals surface area (Å²) in [5.74, 6) is 0.889. The van der Waals surface area contributed by atoms with Crippen LogP contribution in [0, 0.1) is 0 Å². The molecule has 2 rings (SSSR count). The lowest BCUT2D eigenvalue weighted by Gasteiger charge is -2.14. The number of hydrogen-bond donors (Lipinski definition) is 1. The Morgan fingerprint density at radius 3 is 2.62 bits per heavy atom. The zero-order valence-corrected chi connectivity index (χ0v) is 13.9. The Morgan fingerprint density at radius 1 is 1.05 bits per heavy atom. The molecule has 0 saturated heterocycles. The Hall–Kier alpha value is -1.52. The van der Waals surface area contributed by atoms with E-state index < -0.39 is 0 Å². The third-order valence-corrected chi connectivity index (χ3v) is 3.80. The highest BCUT2D eigenvalue weighted by Gasteiger charge is 2.06. The number of benzene rings is 2. The summed E-state index contributed by atoms with van der Waals surface area (Å²) in [6, 6.07) is 14.3. The third kappa shape index (κ3) is 4.48. The molecule has 0 heterocycles. The summed E-state index contributed by atoms with van der Waals surface area (Å²) in [5.41, 5.74) is 3.51. The lowest BCUT2D eigenvalue weighted by atomic mass is 10.1. The smallest absolute Gasteiger partial charge is 0.123 e. The van der Waals surface area contributed by atoms with Crippen LogP contribution in [0.15, 0.2) is 46.9 Å². The summed E-state index contributed by atoms with van der Waals surface area (Å²) in [5, 5.41) is 3.48. The van der Waals surface area contributed by atoms with Crippen molar-refractivity contribution in [1.82, 2.24) is 0 Å². The summed E-state index contributed by atoms with van der Waals surface area (Å²) >= 11 is 3.50. The number of para-hydroxylation sites is 1. The minimum Gasteiger partial charge on any atom is -0.496 e. The van der Waals surface area contributed by atoms with Gasteiger partial charge in [0.05, 0.1) is 13.7 Å². The molecule has 0 aliphatic rings. The van der Waals surface area contributed by atoms with Gasteiger partial charge in [-0.3, -0.25) is 0 Å². The van der Waals surface area contributed by atoms with E-state index in [0.717, 1.165) is 34.5 Å². The van der Waals surface area contributed by atoms with Crippen molar-refractivity contribution in [2.45, 2.75) is 13.0 Å². The van der Waals surface area contributed by atoms with Gasteiger partial charge in [-0.05, 0) is 36.2 Å². The minimum atomic E-state index is 0.715.